The molecule has 0 saturated heterocycles. The maximum absolute atomic E-state index is 12.5. The summed E-state index contributed by atoms with van der Waals surface area (Å²) in [7, 11) is 0. The van der Waals surface area contributed by atoms with Crippen LogP contribution < -0.4 is 0 Å². The zero-order valence-corrected chi connectivity index (χ0v) is 16.5. The smallest absolute Gasteiger partial charge is 0.139 e. The van der Waals surface area contributed by atoms with E-state index >= 15 is 0 Å². The first-order valence-electron chi connectivity index (χ1n) is 10.6. The second kappa shape index (κ2) is 6.05. The minimum atomic E-state index is -0.307. The molecule has 0 aromatic rings. The van der Waals surface area contributed by atoms with E-state index in [9.17, 15) is 9.90 Å². The van der Waals surface area contributed by atoms with E-state index in [1.807, 2.05) is 0 Å². The maximum Gasteiger partial charge on any atom is 0.139 e. The van der Waals surface area contributed by atoms with Gasteiger partial charge in [0.1, 0.15) is 5.78 Å². The molecule has 3 nitrogen and oxygen atoms in total. The first-order chi connectivity index (χ1) is 11.8. The third-order valence-corrected chi connectivity index (χ3v) is 8.82. The number of carbonyl (C=O) groups is 1. The summed E-state index contributed by atoms with van der Waals surface area (Å²) in [5.41, 5.74) is 0.237. The van der Waals surface area contributed by atoms with E-state index in [0.29, 0.717) is 29.5 Å². The standard InChI is InChI=1S/C22H36O3/c1-13(2)25-19-12-22(4)14(11-18(19)23)5-6-15-16-7-8-20(24)21(16,3)10-9-17(15)22/h13-19,23H,5-12H2,1-4H3. The van der Waals surface area contributed by atoms with Crippen LogP contribution >= 0.6 is 0 Å². The van der Waals surface area contributed by atoms with E-state index < -0.39 is 0 Å². The summed E-state index contributed by atoms with van der Waals surface area (Å²) < 4.78 is 6.12. The van der Waals surface area contributed by atoms with Gasteiger partial charge in [0.05, 0.1) is 18.3 Å². The van der Waals surface area contributed by atoms with Crippen molar-refractivity contribution in [3.05, 3.63) is 0 Å². The Morgan fingerprint density at radius 3 is 2.60 bits per heavy atom. The van der Waals surface area contributed by atoms with Gasteiger partial charge in [-0.2, -0.15) is 0 Å². The summed E-state index contributed by atoms with van der Waals surface area (Å²) in [6.07, 6.45) is 8.43. The van der Waals surface area contributed by atoms with Gasteiger partial charge in [0.2, 0.25) is 0 Å². The van der Waals surface area contributed by atoms with Crippen molar-refractivity contribution in [3.63, 3.8) is 0 Å². The SMILES string of the molecule is CC(C)OC1CC2(C)C(CCC3C4CCC(=O)C4(C)CCC32)CC1O. The van der Waals surface area contributed by atoms with Gasteiger partial charge in [0.15, 0.2) is 0 Å². The van der Waals surface area contributed by atoms with Crippen LogP contribution in [0.5, 0.6) is 0 Å². The Hall–Kier alpha value is -0.410. The number of hydrogen-bond acceptors (Lipinski definition) is 3. The molecule has 0 radical (unpaired) electrons. The molecule has 3 heteroatoms. The molecular weight excluding hydrogens is 312 g/mol. The quantitative estimate of drug-likeness (QED) is 0.806. The molecule has 4 aliphatic rings. The number of ketones is 1. The summed E-state index contributed by atoms with van der Waals surface area (Å²) in [4.78, 5) is 12.5. The van der Waals surface area contributed by atoms with E-state index in [-0.39, 0.29) is 29.1 Å². The Morgan fingerprint density at radius 1 is 1.12 bits per heavy atom. The summed E-state index contributed by atoms with van der Waals surface area (Å²) in [5, 5.41) is 10.6. The Bertz CT molecular complexity index is 543. The van der Waals surface area contributed by atoms with Crippen LogP contribution in [0.25, 0.3) is 0 Å². The number of aliphatic hydroxyl groups is 1. The lowest BCUT2D eigenvalue weighted by atomic mass is 9.45. The van der Waals surface area contributed by atoms with Gasteiger partial charge < -0.3 is 9.84 Å². The highest BCUT2D eigenvalue weighted by atomic mass is 16.5. The van der Waals surface area contributed by atoms with E-state index in [4.69, 9.17) is 4.74 Å². The minimum absolute atomic E-state index is 0.0153. The van der Waals surface area contributed by atoms with Crippen LogP contribution in [-0.4, -0.2) is 29.2 Å². The van der Waals surface area contributed by atoms with Gasteiger partial charge >= 0.3 is 0 Å². The number of rotatable bonds is 2. The Kier molecular flexibility index (Phi) is 4.35. The monoisotopic (exact) mass is 348 g/mol. The van der Waals surface area contributed by atoms with Crippen LogP contribution in [-0.2, 0) is 9.53 Å². The normalized spacial score (nSPS) is 52.6. The number of carbonyl (C=O) groups excluding carboxylic acids is 1. The van der Waals surface area contributed by atoms with Crippen molar-refractivity contribution in [1.82, 2.24) is 0 Å². The Labute approximate surface area is 152 Å². The average molecular weight is 349 g/mol. The van der Waals surface area contributed by atoms with Gasteiger partial charge in [-0.3, -0.25) is 4.79 Å². The number of Topliss-reactive ketones (excluding diaryl/α,β-unsaturated/α-hetero) is 1. The number of hydrogen-bond donors (Lipinski definition) is 1. The molecule has 0 aliphatic heterocycles. The molecule has 4 rings (SSSR count). The molecule has 8 atom stereocenters. The molecule has 4 saturated carbocycles. The fourth-order valence-electron chi connectivity index (χ4n) is 7.51. The van der Waals surface area contributed by atoms with Gasteiger partial charge in [-0.25, -0.2) is 0 Å². The fourth-order valence-corrected chi connectivity index (χ4v) is 7.51. The molecule has 0 heterocycles. The molecule has 8 unspecified atom stereocenters. The van der Waals surface area contributed by atoms with Gasteiger partial charge in [-0.1, -0.05) is 13.8 Å². The van der Waals surface area contributed by atoms with Crippen LogP contribution in [0.1, 0.15) is 79.1 Å². The van der Waals surface area contributed by atoms with E-state index in [1.165, 1.54) is 19.3 Å². The topological polar surface area (TPSA) is 46.5 Å². The van der Waals surface area contributed by atoms with Crippen molar-refractivity contribution in [2.75, 3.05) is 0 Å². The summed E-state index contributed by atoms with van der Waals surface area (Å²) in [6.45, 7) is 8.88. The Balaban J connectivity index is 1.60. The minimum Gasteiger partial charge on any atom is -0.390 e. The zero-order chi connectivity index (χ0) is 18.0. The van der Waals surface area contributed by atoms with E-state index in [2.05, 4.69) is 27.7 Å². The third-order valence-electron chi connectivity index (χ3n) is 8.82. The summed E-state index contributed by atoms with van der Waals surface area (Å²) in [5.74, 6) is 3.18. The lowest BCUT2D eigenvalue weighted by Gasteiger charge is -2.61. The van der Waals surface area contributed by atoms with Crippen LogP contribution in [0.15, 0.2) is 0 Å². The highest BCUT2D eigenvalue weighted by Gasteiger charge is 2.61. The zero-order valence-electron chi connectivity index (χ0n) is 16.5. The molecule has 4 fully saturated rings. The molecule has 4 aliphatic carbocycles. The summed E-state index contributed by atoms with van der Waals surface area (Å²) in [6, 6.07) is 0. The van der Waals surface area contributed by atoms with Crippen LogP contribution in [0, 0.1) is 34.5 Å². The average Bonchev–Trinajstić information content (AvgIpc) is 2.84. The van der Waals surface area contributed by atoms with Crippen LogP contribution in [0.4, 0.5) is 0 Å². The molecule has 1 N–H and O–H groups in total. The fraction of sp³-hybridized carbons (Fsp3) is 0.955. The second-order valence-electron chi connectivity index (χ2n) is 10.3. The largest absolute Gasteiger partial charge is 0.390 e. The summed E-state index contributed by atoms with van der Waals surface area (Å²) >= 11 is 0. The van der Waals surface area contributed by atoms with Crippen LogP contribution in [0.2, 0.25) is 0 Å². The van der Waals surface area contributed by atoms with Crippen LogP contribution in [0.3, 0.4) is 0 Å². The number of aliphatic hydroxyl groups excluding tert-OH is 1. The van der Waals surface area contributed by atoms with Crippen molar-refractivity contribution in [2.45, 2.75) is 97.4 Å². The number of fused-ring (bicyclic) bond motifs is 5. The van der Waals surface area contributed by atoms with E-state index in [1.54, 1.807) is 0 Å². The highest BCUT2D eigenvalue weighted by Crippen LogP contribution is 2.65. The predicted molar refractivity (Wildman–Crippen MR) is 98.1 cm³/mol. The molecule has 0 spiro atoms. The first kappa shape index (κ1) is 18.0. The molecule has 0 bridgehead atoms. The molecule has 0 aromatic carbocycles. The van der Waals surface area contributed by atoms with E-state index in [0.717, 1.165) is 32.1 Å². The predicted octanol–water partition coefficient (Wildman–Crippen LogP) is 4.36. The van der Waals surface area contributed by atoms with Crippen molar-refractivity contribution in [3.8, 4) is 0 Å². The van der Waals surface area contributed by atoms with Gasteiger partial charge in [0, 0.05) is 11.8 Å². The molecule has 25 heavy (non-hydrogen) atoms. The maximum atomic E-state index is 12.5. The first-order valence-corrected chi connectivity index (χ1v) is 10.6. The van der Waals surface area contributed by atoms with Crippen molar-refractivity contribution in [2.24, 2.45) is 34.5 Å². The molecule has 142 valence electrons. The van der Waals surface area contributed by atoms with Gasteiger partial charge in [0.25, 0.3) is 0 Å². The number of ether oxygens (including phenoxy) is 1. The molecule has 0 amide bonds. The van der Waals surface area contributed by atoms with Crippen molar-refractivity contribution in [1.29, 1.82) is 0 Å². The van der Waals surface area contributed by atoms with Gasteiger partial charge in [-0.15, -0.1) is 0 Å². The molecular formula is C22H36O3. The lowest BCUT2D eigenvalue weighted by molar-refractivity contribution is -0.179. The molecule has 0 aromatic heterocycles. The lowest BCUT2D eigenvalue weighted by Crippen LogP contribution is -2.57. The van der Waals surface area contributed by atoms with Crippen molar-refractivity contribution < 1.29 is 14.6 Å². The second-order valence-corrected chi connectivity index (χ2v) is 10.3. The third kappa shape index (κ3) is 2.64. The van der Waals surface area contributed by atoms with Crippen molar-refractivity contribution >= 4 is 5.78 Å². The Morgan fingerprint density at radius 2 is 1.88 bits per heavy atom. The van der Waals surface area contributed by atoms with Gasteiger partial charge in [-0.05, 0) is 87.9 Å². The highest BCUT2D eigenvalue weighted by molar-refractivity contribution is 5.87.